The molecule has 1 aromatic carbocycles. The molecule has 1 aromatic rings. The number of aliphatic hydroxyl groups is 1. The van der Waals surface area contributed by atoms with Crippen molar-refractivity contribution < 1.29 is 14.6 Å². The van der Waals surface area contributed by atoms with Gasteiger partial charge in [-0.3, -0.25) is 4.79 Å². The number of ether oxygens (including phenoxy) is 1. The number of benzene rings is 1. The van der Waals surface area contributed by atoms with Crippen molar-refractivity contribution >= 4 is 5.91 Å². The number of rotatable bonds is 8. The topological polar surface area (TPSA) is 58.6 Å². The molecule has 0 aliphatic carbocycles. The van der Waals surface area contributed by atoms with E-state index < -0.39 is 0 Å². The Balaban J connectivity index is 2.35. The Morgan fingerprint density at radius 3 is 2.42 bits per heavy atom. The van der Waals surface area contributed by atoms with Crippen molar-refractivity contribution in [3.8, 4) is 5.75 Å². The van der Waals surface area contributed by atoms with Gasteiger partial charge in [-0.05, 0) is 25.0 Å². The molecule has 106 valence electrons. The zero-order valence-electron chi connectivity index (χ0n) is 11.7. The largest absolute Gasteiger partial charge is 0.484 e. The lowest BCUT2D eigenvalue weighted by molar-refractivity contribution is -0.123. The van der Waals surface area contributed by atoms with E-state index in [-0.39, 0.29) is 24.5 Å². The van der Waals surface area contributed by atoms with E-state index in [0.717, 1.165) is 12.8 Å². The van der Waals surface area contributed by atoms with Gasteiger partial charge in [0.25, 0.3) is 5.91 Å². The standard InChI is InChI=1S/C15H23NO3/c1-3-15(4-2,12-17)11-16-14(18)10-19-13-8-6-5-7-9-13/h5-9,17H,3-4,10-12H2,1-2H3,(H,16,18). The second-order valence-corrected chi connectivity index (χ2v) is 4.74. The summed E-state index contributed by atoms with van der Waals surface area (Å²) in [6.45, 7) is 4.60. The van der Waals surface area contributed by atoms with Crippen LogP contribution in [0.1, 0.15) is 26.7 Å². The lowest BCUT2D eigenvalue weighted by Crippen LogP contribution is -2.41. The molecular formula is C15H23NO3. The van der Waals surface area contributed by atoms with Crippen LogP contribution in [0, 0.1) is 5.41 Å². The van der Waals surface area contributed by atoms with Gasteiger partial charge in [-0.2, -0.15) is 0 Å². The van der Waals surface area contributed by atoms with Gasteiger partial charge in [-0.15, -0.1) is 0 Å². The zero-order valence-corrected chi connectivity index (χ0v) is 11.7. The molecule has 4 nitrogen and oxygen atoms in total. The first-order valence-corrected chi connectivity index (χ1v) is 6.71. The Labute approximate surface area is 114 Å². The molecule has 2 N–H and O–H groups in total. The van der Waals surface area contributed by atoms with Crippen molar-refractivity contribution in [2.45, 2.75) is 26.7 Å². The maximum Gasteiger partial charge on any atom is 0.257 e. The number of carbonyl (C=O) groups excluding carboxylic acids is 1. The number of carbonyl (C=O) groups is 1. The number of hydrogen-bond donors (Lipinski definition) is 2. The number of aliphatic hydroxyl groups excluding tert-OH is 1. The SMILES string of the molecule is CCC(CC)(CO)CNC(=O)COc1ccccc1. The quantitative estimate of drug-likeness (QED) is 0.755. The predicted molar refractivity (Wildman–Crippen MR) is 75.0 cm³/mol. The van der Waals surface area contributed by atoms with Crippen LogP contribution >= 0.6 is 0 Å². The Bertz CT molecular complexity index is 366. The number of nitrogens with one attached hydrogen (secondary N) is 1. The maximum absolute atomic E-state index is 11.7. The molecule has 19 heavy (non-hydrogen) atoms. The number of hydrogen-bond acceptors (Lipinski definition) is 3. The summed E-state index contributed by atoms with van der Waals surface area (Å²) >= 11 is 0. The third-order valence-electron chi connectivity index (χ3n) is 3.61. The third kappa shape index (κ3) is 4.91. The molecular weight excluding hydrogens is 242 g/mol. The average Bonchev–Trinajstić information content (AvgIpc) is 2.48. The maximum atomic E-state index is 11.7. The zero-order chi connectivity index (χ0) is 14.1. The van der Waals surface area contributed by atoms with E-state index in [1.54, 1.807) is 0 Å². The highest BCUT2D eigenvalue weighted by molar-refractivity contribution is 5.77. The molecule has 0 bridgehead atoms. The van der Waals surface area contributed by atoms with E-state index >= 15 is 0 Å². The van der Waals surface area contributed by atoms with Crippen LogP contribution in [0.25, 0.3) is 0 Å². The fraction of sp³-hybridized carbons (Fsp3) is 0.533. The van der Waals surface area contributed by atoms with Gasteiger partial charge in [-0.25, -0.2) is 0 Å². The van der Waals surface area contributed by atoms with Crippen molar-refractivity contribution in [1.82, 2.24) is 5.32 Å². The summed E-state index contributed by atoms with van der Waals surface area (Å²) in [5.74, 6) is 0.514. The van der Waals surface area contributed by atoms with Crippen LogP contribution in [0.5, 0.6) is 5.75 Å². The van der Waals surface area contributed by atoms with Crippen molar-refractivity contribution in [3.63, 3.8) is 0 Å². The molecule has 4 heteroatoms. The third-order valence-corrected chi connectivity index (χ3v) is 3.61. The average molecular weight is 265 g/mol. The summed E-state index contributed by atoms with van der Waals surface area (Å²) < 4.78 is 5.36. The van der Waals surface area contributed by atoms with Gasteiger partial charge in [-0.1, -0.05) is 32.0 Å². The van der Waals surface area contributed by atoms with E-state index in [4.69, 9.17) is 4.74 Å². The molecule has 0 heterocycles. The Morgan fingerprint density at radius 1 is 1.26 bits per heavy atom. The first-order chi connectivity index (χ1) is 9.15. The van der Waals surface area contributed by atoms with Crippen LogP contribution in [-0.4, -0.2) is 30.8 Å². The number of amides is 1. The summed E-state index contributed by atoms with van der Waals surface area (Å²) in [7, 11) is 0. The molecule has 0 aromatic heterocycles. The molecule has 0 radical (unpaired) electrons. The van der Waals surface area contributed by atoms with Crippen molar-refractivity contribution in [2.75, 3.05) is 19.8 Å². The normalized spacial score (nSPS) is 11.1. The van der Waals surface area contributed by atoms with Crippen LogP contribution in [0.2, 0.25) is 0 Å². The van der Waals surface area contributed by atoms with E-state index in [1.165, 1.54) is 0 Å². The minimum Gasteiger partial charge on any atom is -0.484 e. The second-order valence-electron chi connectivity index (χ2n) is 4.74. The molecule has 0 saturated heterocycles. The van der Waals surface area contributed by atoms with Crippen LogP contribution in [0.3, 0.4) is 0 Å². The summed E-state index contributed by atoms with van der Waals surface area (Å²) in [4.78, 5) is 11.7. The van der Waals surface area contributed by atoms with Gasteiger partial charge in [0.1, 0.15) is 5.75 Å². The van der Waals surface area contributed by atoms with Gasteiger partial charge < -0.3 is 15.2 Å². The Kier molecular flexibility index (Phi) is 6.36. The lowest BCUT2D eigenvalue weighted by Gasteiger charge is -2.29. The fourth-order valence-electron chi connectivity index (χ4n) is 1.78. The second kappa shape index (κ2) is 7.79. The van der Waals surface area contributed by atoms with E-state index in [9.17, 15) is 9.90 Å². The highest BCUT2D eigenvalue weighted by Crippen LogP contribution is 2.24. The highest BCUT2D eigenvalue weighted by Gasteiger charge is 2.25. The van der Waals surface area contributed by atoms with Gasteiger partial charge >= 0.3 is 0 Å². The monoisotopic (exact) mass is 265 g/mol. The molecule has 1 amide bonds. The van der Waals surface area contributed by atoms with Crippen LogP contribution in [-0.2, 0) is 4.79 Å². The Morgan fingerprint density at radius 2 is 1.89 bits per heavy atom. The summed E-state index contributed by atoms with van der Waals surface area (Å²) in [5.41, 5.74) is -0.220. The molecule has 0 unspecified atom stereocenters. The first kappa shape index (κ1) is 15.5. The minimum atomic E-state index is -0.220. The van der Waals surface area contributed by atoms with Gasteiger partial charge in [0.2, 0.25) is 0 Å². The summed E-state index contributed by atoms with van der Waals surface area (Å²) in [6.07, 6.45) is 1.67. The molecule has 0 saturated carbocycles. The molecule has 0 aliphatic rings. The Hall–Kier alpha value is -1.55. The number of para-hydroxylation sites is 1. The lowest BCUT2D eigenvalue weighted by atomic mass is 9.83. The molecule has 0 spiro atoms. The highest BCUT2D eigenvalue weighted by atomic mass is 16.5. The molecule has 1 rings (SSSR count). The van der Waals surface area contributed by atoms with Crippen molar-refractivity contribution in [2.24, 2.45) is 5.41 Å². The summed E-state index contributed by atoms with van der Waals surface area (Å²) in [6, 6.07) is 9.23. The van der Waals surface area contributed by atoms with Gasteiger partial charge in [0.05, 0.1) is 6.61 Å². The fourth-order valence-corrected chi connectivity index (χ4v) is 1.78. The molecule has 0 fully saturated rings. The predicted octanol–water partition coefficient (Wildman–Crippen LogP) is 1.98. The van der Waals surface area contributed by atoms with Gasteiger partial charge in [0.15, 0.2) is 6.61 Å². The van der Waals surface area contributed by atoms with Gasteiger partial charge in [0, 0.05) is 12.0 Å². The van der Waals surface area contributed by atoms with E-state index in [0.29, 0.717) is 12.3 Å². The summed E-state index contributed by atoms with van der Waals surface area (Å²) in [5, 5.41) is 12.2. The van der Waals surface area contributed by atoms with E-state index in [1.807, 2.05) is 44.2 Å². The molecule has 0 aliphatic heterocycles. The van der Waals surface area contributed by atoms with Crippen molar-refractivity contribution in [1.29, 1.82) is 0 Å². The van der Waals surface area contributed by atoms with Crippen LogP contribution in [0.15, 0.2) is 30.3 Å². The first-order valence-electron chi connectivity index (χ1n) is 6.71. The van der Waals surface area contributed by atoms with Crippen molar-refractivity contribution in [3.05, 3.63) is 30.3 Å². The van der Waals surface area contributed by atoms with Crippen LogP contribution in [0.4, 0.5) is 0 Å². The minimum absolute atomic E-state index is 0.00104. The smallest absolute Gasteiger partial charge is 0.257 e. The van der Waals surface area contributed by atoms with Crippen LogP contribution < -0.4 is 10.1 Å². The van der Waals surface area contributed by atoms with E-state index in [2.05, 4.69) is 5.32 Å². The molecule has 0 atom stereocenters.